The van der Waals surface area contributed by atoms with E-state index in [0.29, 0.717) is 0 Å². The third kappa shape index (κ3) is 5.21. The van der Waals surface area contributed by atoms with E-state index in [1.165, 1.54) is 38.8 Å². The van der Waals surface area contributed by atoms with Crippen molar-refractivity contribution in [3.63, 3.8) is 0 Å². The lowest BCUT2D eigenvalue weighted by molar-refractivity contribution is 0.250. The van der Waals surface area contributed by atoms with Crippen LogP contribution in [0.15, 0.2) is 6.33 Å². The number of aromatic nitrogens is 4. The van der Waals surface area contributed by atoms with E-state index in [1.807, 2.05) is 0 Å². The molecular formula is C11H23N5. The summed E-state index contributed by atoms with van der Waals surface area (Å²) in [4.78, 5) is 2.51. The number of rotatable bonds is 9. The Labute approximate surface area is 97.8 Å². The average molecular weight is 225 g/mol. The van der Waals surface area contributed by atoms with Gasteiger partial charge in [0.2, 0.25) is 0 Å². The number of tetrazole rings is 1. The summed E-state index contributed by atoms with van der Waals surface area (Å²) in [7, 11) is 0. The van der Waals surface area contributed by atoms with E-state index in [2.05, 4.69) is 34.3 Å². The summed E-state index contributed by atoms with van der Waals surface area (Å²) in [5.41, 5.74) is 0. The van der Waals surface area contributed by atoms with Crippen LogP contribution in [0, 0.1) is 0 Å². The van der Waals surface area contributed by atoms with Gasteiger partial charge in [-0.15, -0.1) is 5.10 Å². The molecule has 16 heavy (non-hydrogen) atoms. The third-order valence-corrected chi connectivity index (χ3v) is 2.69. The second-order valence-electron chi connectivity index (χ2n) is 4.12. The molecule has 0 aliphatic carbocycles. The normalized spacial score (nSPS) is 11.2. The summed E-state index contributed by atoms with van der Waals surface area (Å²) in [6.07, 6.45) is 6.75. The Morgan fingerprint density at radius 3 is 2.25 bits per heavy atom. The van der Waals surface area contributed by atoms with Crippen molar-refractivity contribution >= 4 is 0 Å². The van der Waals surface area contributed by atoms with E-state index >= 15 is 0 Å². The maximum Gasteiger partial charge on any atom is 0.138 e. The maximum absolute atomic E-state index is 3.88. The minimum Gasteiger partial charge on any atom is -0.301 e. The van der Waals surface area contributed by atoms with Gasteiger partial charge in [0.25, 0.3) is 0 Å². The van der Waals surface area contributed by atoms with E-state index in [0.717, 1.165) is 13.1 Å². The van der Waals surface area contributed by atoms with E-state index in [-0.39, 0.29) is 0 Å². The highest BCUT2D eigenvalue weighted by Crippen LogP contribution is 1.99. The summed E-state index contributed by atoms with van der Waals surface area (Å²) in [5, 5.41) is 11.2. The van der Waals surface area contributed by atoms with Gasteiger partial charge in [-0.2, -0.15) is 0 Å². The number of hydrogen-bond donors (Lipinski definition) is 0. The van der Waals surface area contributed by atoms with Crippen LogP contribution in [0.25, 0.3) is 0 Å². The van der Waals surface area contributed by atoms with Gasteiger partial charge in [0.1, 0.15) is 6.33 Å². The Morgan fingerprint density at radius 2 is 1.75 bits per heavy atom. The lowest BCUT2D eigenvalue weighted by Gasteiger charge is -2.21. The van der Waals surface area contributed by atoms with Gasteiger partial charge in [0.15, 0.2) is 0 Å². The molecule has 5 heteroatoms. The van der Waals surface area contributed by atoms with Gasteiger partial charge in [-0.05, 0) is 36.4 Å². The Kier molecular flexibility index (Phi) is 6.72. The molecule has 0 spiro atoms. The van der Waals surface area contributed by atoms with E-state index in [4.69, 9.17) is 0 Å². The lowest BCUT2D eigenvalue weighted by atomic mass is 10.2. The quantitative estimate of drug-likeness (QED) is 0.640. The van der Waals surface area contributed by atoms with Crippen LogP contribution < -0.4 is 0 Å². The second kappa shape index (κ2) is 8.21. The van der Waals surface area contributed by atoms with Gasteiger partial charge in [-0.1, -0.05) is 26.7 Å². The Hall–Kier alpha value is -0.970. The Morgan fingerprint density at radius 1 is 1.06 bits per heavy atom. The molecule has 0 unspecified atom stereocenters. The van der Waals surface area contributed by atoms with Crippen LogP contribution in [-0.2, 0) is 6.54 Å². The van der Waals surface area contributed by atoms with Gasteiger partial charge in [-0.25, -0.2) is 4.68 Å². The summed E-state index contributed by atoms with van der Waals surface area (Å²) in [6.45, 7) is 8.79. The summed E-state index contributed by atoms with van der Waals surface area (Å²) >= 11 is 0. The third-order valence-electron chi connectivity index (χ3n) is 2.69. The molecule has 92 valence electrons. The number of nitrogens with zero attached hydrogens (tertiary/aromatic N) is 5. The predicted octanol–water partition coefficient (Wildman–Crippen LogP) is 1.58. The summed E-state index contributed by atoms with van der Waals surface area (Å²) in [6, 6.07) is 0. The van der Waals surface area contributed by atoms with Crippen molar-refractivity contribution < 1.29 is 0 Å². The first-order valence-electron chi connectivity index (χ1n) is 6.30. The van der Waals surface area contributed by atoms with Crippen molar-refractivity contribution in [1.82, 2.24) is 25.1 Å². The highest BCUT2D eigenvalue weighted by atomic mass is 15.5. The van der Waals surface area contributed by atoms with Crippen molar-refractivity contribution in [2.45, 2.75) is 46.1 Å². The average Bonchev–Trinajstić information content (AvgIpc) is 2.81. The monoisotopic (exact) mass is 225 g/mol. The zero-order chi connectivity index (χ0) is 11.6. The van der Waals surface area contributed by atoms with Crippen LogP contribution in [0.3, 0.4) is 0 Å². The molecule has 0 saturated carbocycles. The largest absolute Gasteiger partial charge is 0.301 e. The van der Waals surface area contributed by atoms with E-state index in [9.17, 15) is 0 Å². The fraction of sp³-hybridized carbons (Fsp3) is 0.909. The molecule has 0 aliphatic rings. The molecule has 0 fully saturated rings. The van der Waals surface area contributed by atoms with E-state index in [1.54, 1.807) is 11.0 Å². The maximum atomic E-state index is 3.88. The SMILES string of the molecule is CCCCN(CCCC)CCn1cnnn1. The molecule has 5 nitrogen and oxygen atoms in total. The highest BCUT2D eigenvalue weighted by Gasteiger charge is 2.04. The number of unbranched alkanes of at least 4 members (excludes halogenated alkanes) is 2. The van der Waals surface area contributed by atoms with Gasteiger partial charge < -0.3 is 4.90 Å². The zero-order valence-electron chi connectivity index (χ0n) is 10.5. The molecule has 0 aliphatic heterocycles. The molecule has 0 aromatic carbocycles. The Balaban J connectivity index is 2.25. The van der Waals surface area contributed by atoms with Crippen molar-refractivity contribution in [1.29, 1.82) is 0 Å². The molecular weight excluding hydrogens is 202 g/mol. The van der Waals surface area contributed by atoms with Crippen LogP contribution in [0.5, 0.6) is 0 Å². The standard InChI is InChI=1S/C11H23N5/c1-3-5-7-15(8-6-4-2)9-10-16-11-12-13-14-16/h11H,3-10H2,1-2H3. The molecule has 1 aromatic heterocycles. The van der Waals surface area contributed by atoms with Crippen LogP contribution >= 0.6 is 0 Å². The minimum absolute atomic E-state index is 0.889. The topological polar surface area (TPSA) is 46.8 Å². The molecule has 1 aromatic rings. The molecule has 1 rings (SSSR count). The van der Waals surface area contributed by atoms with Gasteiger partial charge >= 0.3 is 0 Å². The van der Waals surface area contributed by atoms with E-state index < -0.39 is 0 Å². The van der Waals surface area contributed by atoms with Crippen LogP contribution in [0.2, 0.25) is 0 Å². The van der Waals surface area contributed by atoms with Crippen molar-refractivity contribution in [3.8, 4) is 0 Å². The molecule has 0 saturated heterocycles. The fourth-order valence-electron chi connectivity index (χ4n) is 1.63. The highest BCUT2D eigenvalue weighted by molar-refractivity contribution is 4.58. The van der Waals surface area contributed by atoms with Crippen LogP contribution in [0.1, 0.15) is 39.5 Å². The minimum atomic E-state index is 0.889. The van der Waals surface area contributed by atoms with Crippen molar-refractivity contribution in [3.05, 3.63) is 6.33 Å². The molecule has 0 atom stereocenters. The summed E-state index contributed by atoms with van der Waals surface area (Å²) in [5.74, 6) is 0. The number of hydrogen-bond acceptors (Lipinski definition) is 4. The fourth-order valence-corrected chi connectivity index (χ4v) is 1.63. The second-order valence-corrected chi connectivity index (χ2v) is 4.12. The van der Waals surface area contributed by atoms with Crippen LogP contribution in [0.4, 0.5) is 0 Å². The first-order valence-corrected chi connectivity index (χ1v) is 6.30. The molecule has 0 amide bonds. The Bertz CT molecular complexity index is 239. The molecule has 0 radical (unpaired) electrons. The molecule has 0 N–H and O–H groups in total. The van der Waals surface area contributed by atoms with Crippen LogP contribution in [-0.4, -0.2) is 44.7 Å². The van der Waals surface area contributed by atoms with Crippen molar-refractivity contribution in [2.24, 2.45) is 0 Å². The predicted molar refractivity (Wildman–Crippen MR) is 64.1 cm³/mol. The first kappa shape index (κ1) is 13.1. The molecule has 1 heterocycles. The summed E-state index contributed by atoms with van der Waals surface area (Å²) < 4.78 is 1.80. The van der Waals surface area contributed by atoms with Gasteiger partial charge in [-0.3, -0.25) is 0 Å². The van der Waals surface area contributed by atoms with Crippen molar-refractivity contribution in [2.75, 3.05) is 19.6 Å². The first-order chi connectivity index (χ1) is 7.86. The van der Waals surface area contributed by atoms with Gasteiger partial charge in [0.05, 0.1) is 6.54 Å². The van der Waals surface area contributed by atoms with Gasteiger partial charge in [0, 0.05) is 6.54 Å². The smallest absolute Gasteiger partial charge is 0.138 e. The zero-order valence-corrected chi connectivity index (χ0v) is 10.5. The lowest BCUT2D eigenvalue weighted by Crippen LogP contribution is -2.29. The molecule has 0 bridgehead atoms.